The van der Waals surface area contributed by atoms with E-state index in [4.69, 9.17) is 10.2 Å². The summed E-state index contributed by atoms with van der Waals surface area (Å²) in [4.78, 5) is 9.37. The van der Waals surface area contributed by atoms with Crippen LogP contribution in [0.5, 0.6) is 5.75 Å². The van der Waals surface area contributed by atoms with Crippen molar-refractivity contribution in [2.75, 3.05) is 0 Å². The molecule has 0 unspecified atom stereocenters. The van der Waals surface area contributed by atoms with Crippen molar-refractivity contribution in [2.24, 2.45) is 0 Å². The van der Waals surface area contributed by atoms with Crippen molar-refractivity contribution >= 4 is 5.97 Å². The molecular formula is C12H19O3Y-. The van der Waals surface area contributed by atoms with Crippen LogP contribution in [0.4, 0.5) is 0 Å². The Morgan fingerprint density at radius 2 is 1.88 bits per heavy atom. The van der Waals surface area contributed by atoms with E-state index in [1.165, 1.54) is 0 Å². The standard InChI is InChI=1S/C7H7O.C3H6O2.C2H6.Y/c1-6-4-2-3-5-7(6)8;1-2-3(4)5;1-2;/h2,4-5,8H,1H3;2H2,1H3,(H,4,5);1-2H3;/q-1;;;. The first kappa shape index (κ1) is 20.9. The molecule has 1 rings (SSSR count). The van der Waals surface area contributed by atoms with Gasteiger partial charge in [0, 0.05) is 44.9 Å². The first-order valence-electron chi connectivity index (χ1n) is 4.95. The Morgan fingerprint density at radius 1 is 1.44 bits per heavy atom. The van der Waals surface area contributed by atoms with E-state index in [1.54, 1.807) is 19.1 Å². The number of aryl methyl sites for hydroxylation is 1. The average molecular weight is 300 g/mol. The third-order valence-corrected chi connectivity index (χ3v) is 1.36. The van der Waals surface area contributed by atoms with Crippen molar-refractivity contribution in [3.8, 4) is 5.75 Å². The molecule has 89 valence electrons. The maximum absolute atomic E-state index is 9.37. The molecule has 0 saturated carbocycles. The van der Waals surface area contributed by atoms with Gasteiger partial charge in [0.15, 0.2) is 0 Å². The summed E-state index contributed by atoms with van der Waals surface area (Å²) in [6.45, 7) is 7.45. The van der Waals surface area contributed by atoms with E-state index in [-0.39, 0.29) is 39.1 Å². The number of carboxylic acids is 1. The van der Waals surface area contributed by atoms with Gasteiger partial charge in [-0.1, -0.05) is 27.7 Å². The van der Waals surface area contributed by atoms with E-state index >= 15 is 0 Å². The smallest absolute Gasteiger partial charge is 0.303 e. The van der Waals surface area contributed by atoms with Gasteiger partial charge in [0.05, 0.1) is 0 Å². The Kier molecular flexibility index (Phi) is 19.1. The van der Waals surface area contributed by atoms with Gasteiger partial charge in [-0.25, -0.2) is 0 Å². The van der Waals surface area contributed by atoms with Gasteiger partial charge in [0.25, 0.3) is 0 Å². The molecule has 0 saturated heterocycles. The molecule has 0 amide bonds. The number of aliphatic carboxylic acids is 1. The number of phenolic OH excluding ortho intramolecular Hbond substituents is 1. The Hall–Kier alpha value is -0.406. The molecular weight excluding hydrogens is 281 g/mol. The fraction of sp³-hybridized carbons (Fsp3) is 0.417. The zero-order chi connectivity index (χ0) is 12.3. The molecule has 0 aliphatic rings. The second-order valence-corrected chi connectivity index (χ2v) is 2.46. The molecule has 16 heavy (non-hydrogen) atoms. The van der Waals surface area contributed by atoms with Crippen LogP contribution in [0.2, 0.25) is 0 Å². The Labute approximate surface area is 123 Å². The SMILES string of the molecule is CC.CCC(=O)O.Cc1cc[c-]cc1O.[Y]. The normalized spacial score (nSPS) is 7.25. The molecule has 1 radical (unpaired) electrons. The monoisotopic (exact) mass is 300 g/mol. The summed E-state index contributed by atoms with van der Waals surface area (Å²) >= 11 is 0. The molecule has 3 nitrogen and oxygen atoms in total. The van der Waals surface area contributed by atoms with Crippen molar-refractivity contribution in [2.45, 2.75) is 34.1 Å². The third-order valence-electron chi connectivity index (χ3n) is 1.36. The first-order chi connectivity index (χ1) is 7.07. The summed E-state index contributed by atoms with van der Waals surface area (Å²) in [5.41, 5.74) is 0.892. The van der Waals surface area contributed by atoms with Crippen LogP contribution in [0.1, 0.15) is 32.8 Å². The molecule has 0 fully saturated rings. The average Bonchev–Trinajstić information content (AvgIpc) is 2.26. The quantitative estimate of drug-likeness (QED) is 0.784. The number of phenols is 1. The fourth-order valence-electron chi connectivity index (χ4n) is 0.499. The summed E-state index contributed by atoms with van der Waals surface area (Å²) in [6.07, 6.45) is 0.222. The number of rotatable bonds is 1. The van der Waals surface area contributed by atoms with Gasteiger partial charge in [-0.05, 0) is 0 Å². The van der Waals surface area contributed by atoms with Crippen LogP contribution in [0, 0.1) is 13.0 Å². The zero-order valence-electron chi connectivity index (χ0n) is 10.3. The Balaban J connectivity index is -0.000000187. The van der Waals surface area contributed by atoms with E-state index in [9.17, 15) is 4.79 Å². The molecule has 0 bridgehead atoms. The molecule has 1 aromatic carbocycles. The molecule has 1 aromatic rings. The van der Waals surface area contributed by atoms with Crippen molar-refractivity contribution in [1.29, 1.82) is 0 Å². The van der Waals surface area contributed by atoms with Gasteiger partial charge in [-0.2, -0.15) is 18.2 Å². The molecule has 0 atom stereocenters. The first-order valence-corrected chi connectivity index (χ1v) is 4.95. The van der Waals surface area contributed by atoms with E-state index in [0.717, 1.165) is 5.56 Å². The second-order valence-electron chi connectivity index (χ2n) is 2.46. The minimum atomic E-state index is -0.745. The number of carboxylic acid groups (broad SMARTS) is 1. The van der Waals surface area contributed by atoms with Crippen molar-refractivity contribution in [3.05, 3.63) is 29.8 Å². The molecule has 4 heteroatoms. The summed E-state index contributed by atoms with van der Waals surface area (Å²) in [6, 6.07) is 7.89. The number of hydrogen-bond acceptors (Lipinski definition) is 2. The molecule has 0 aliphatic heterocycles. The minimum Gasteiger partial charge on any atom is -0.565 e. The summed E-state index contributed by atoms with van der Waals surface area (Å²) in [5, 5.41) is 16.6. The van der Waals surface area contributed by atoms with Crippen molar-refractivity contribution in [3.63, 3.8) is 0 Å². The van der Waals surface area contributed by atoms with Crippen molar-refractivity contribution in [1.82, 2.24) is 0 Å². The van der Waals surface area contributed by atoms with E-state index in [2.05, 4.69) is 6.07 Å². The summed E-state index contributed by atoms with van der Waals surface area (Å²) in [7, 11) is 0. The maximum Gasteiger partial charge on any atom is 0.303 e. The largest absolute Gasteiger partial charge is 0.565 e. The summed E-state index contributed by atoms with van der Waals surface area (Å²) in [5.74, 6) is -0.433. The number of benzene rings is 1. The molecule has 0 spiro atoms. The van der Waals surface area contributed by atoms with Gasteiger partial charge in [0.1, 0.15) is 0 Å². The van der Waals surface area contributed by atoms with Crippen LogP contribution >= 0.6 is 0 Å². The number of hydrogen-bond donors (Lipinski definition) is 2. The predicted molar refractivity (Wildman–Crippen MR) is 61.0 cm³/mol. The van der Waals surface area contributed by atoms with Crippen LogP contribution in [0.15, 0.2) is 18.2 Å². The van der Waals surface area contributed by atoms with Gasteiger partial charge in [-0.15, -0.1) is 11.6 Å². The fourth-order valence-corrected chi connectivity index (χ4v) is 0.499. The van der Waals surface area contributed by atoms with Crippen LogP contribution in [-0.2, 0) is 37.5 Å². The van der Waals surface area contributed by atoms with E-state index in [1.807, 2.05) is 26.8 Å². The molecule has 0 heterocycles. The summed E-state index contributed by atoms with van der Waals surface area (Å²) < 4.78 is 0. The van der Waals surface area contributed by atoms with Gasteiger partial charge in [-0.3, -0.25) is 4.79 Å². The van der Waals surface area contributed by atoms with Crippen LogP contribution < -0.4 is 0 Å². The zero-order valence-corrected chi connectivity index (χ0v) is 13.2. The Bertz CT molecular complexity index is 254. The maximum atomic E-state index is 9.37. The molecule has 2 N–H and O–H groups in total. The van der Waals surface area contributed by atoms with E-state index in [0.29, 0.717) is 5.75 Å². The third kappa shape index (κ3) is 13.6. The molecule has 0 aliphatic carbocycles. The second kappa shape index (κ2) is 14.6. The molecule has 0 aromatic heterocycles. The van der Waals surface area contributed by atoms with Crippen molar-refractivity contribution < 1.29 is 47.7 Å². The number of carbonyl (C=O) groups is 1. The Morgan fingerprint density at radius 3 is 2.06 bits per heavy atom. The minimum absolute atomic E-state index is 0. The van der Waals surface area contributed by atoms with Crippen LogP contribution in [0.25, 0.3) is 0 Å². The van der Waals surface area contributed by atoms with Crippen LogP contribution in [0.3, 0.4) is 0 Å². The van der Waals surface area contributed by atoms with Gasteiger partial charge in [0.2, 0.25) is 0 Å². The van der Waals surface area contributed by atoms with Gasteiger partial charge >= 0.3 is 5.97 Å². The predicted octanol–water partition coefficient (Wildman–Crippen LogP) is 3.01. The van der Waals surface area contributed by atoms with Crippen LogP contribution in [-0.4, -0.2) is 16.2 Å². The van der Waals surface area contributed by atoms with E-state index < -0.39 is 5.97 Å². The topological polar surface area (TPSA) is 57.5 Å². The number of aromatic hydroxyl groups is 1. The van der Waals surface area contributed by atoms with Gasteiger partial charge < -0.3 is 10.2 Å².